The number of nitrogens with zero attached hydrogens (tertiary/aromatic N) is 1. The monoisotopic (exact) mass is 454 g/mol. The van der Waals surface area contributed by atoms with Gasteiger partial charge in [0.05, 0.1) is 5.56 Å². The molecule has 0 radical (unpaired) electrons. The van der Waals surface area contributed by atoms with E-state index in [4.69, 9.17) is 9.47 Å². The number of phenolic OH excluding ortho intramolecular Hbond substituents is 1. The largest absolute Gasteiger partial charge is 0.504 e. The second-order valence-corrected chi connectivity index (χ2v) is 8.21. The number of halogens is 3. The highest BCUT2D eigenvalue weighted by Crippen LogP contribution is 2.29. The molecule has 0 saturated heterocycles. The van der Waals surface area contributed by atoms with Crippen LogP contribution in [-0.2, 0) is 17.5 Å². The number of hydrogen-bond donors (Lipinski definition) is 2. The standard InChI is InChI=1S/C23H29F3N2O4/c1-22(2,3)32-21(30)28(16-31-20-11-5-4-10-19(20)29)13-7-12-27-15-17-8-6-9-18(14-17)23(24,25)26/h4-6,8-11,14,27,29H,7,12-13,15-16H2,1-3H3. The molecule has 2 aromatic rings. The molecular weight excluding hydrogens is 425 g/mol. The summed E-state index contributed by atoms with van der Waals surface area (Å²) >= 11 is 0. The minimum atomic E-state index is -4.38. The smallest absolute Gasteiger partial charge is 0.416 e. The van der Waals surface area contributed by atoms with Gasteiger partial charge in [-0.15, -0.1) is 0 Å². The Kier molecular flexibility index (Phi) is 8.77. The van der Waals surface area contributed by atoms with Crippen LogP contribution < -0.4 is 10.1 Å². The first-order valence-electron chi connectivity index (χ1n) is 10.2. The van der Waals surface area contributed by atoms with Crippen molar-refractivity contribution >= 4 is 6.09 Å². The van der Waals surface area contributed by atoms with E-state index in [9.17, 15) is 23.1 Å². The average Bonchev–Trinajstić information content (AvgIpc) is 2.69. The van der Waals surface area contributed by atoms with Gasteiger partial charge < -0.3 is 19.9 Å². The molecule has 176 valence electrons. The molecule has 0 aliphatic carbocycles. The number of rotatable bonds is 9. The van der Waals surface area contributed by atoms with Crippen molar-refractivity contribution in [3.8, 4) is 11.5 Å². The molecule has 0 saturated carbocycles. The number of phenols is 1. The van der Waals surface area contributed by atoms with Gasteiger partial charge in [0, 0.05) is 13.1 Å². The quantitative estimate of drug-likeness (QED) is 0.404. The molecule has 32 heavy (non-hydrogen) atoms. The van der Waals surface area contributed by atoms with E-state index >= 15 is 0 Å². The molecular formula is C23H29F3N2O4. The van der Waals surface area contributed by atoms with Crippen molar-refractivity contribution in [2.45, 2.75) is 45.5 Å². The van der Waals surface area contributed by atoms with Crippen LogP contribution >= 0.6 is 0 Å². The third-order valence-corrected chi connectivity index (χ3v) is 4.26. The predicted molar refractivity (Wildman–Crippen MR) is 114 cm³/mol. The number of amides is 1. The Morgan fingerprint density at radius 2 is 1.81 bits per heavy atom. The Morgan fingerprint density at radius 3 is 2.47 bits per heavy atom. The van der Waals surface area contributed by atoms with Crippen LogP contribution in [0.25, 0.3) is 0 Å². The van der Waals surface area contributed by atoms with E-state index in [2.05, 4.69) is 5.32 Å². The van der Waals surface area contributed by atoms with Crippen molar-refractivity contribution in [3.05, 3.63) is 59.7 Å². The summed E-state index contributed by atoms with van der Waals surface area (Å²) in [6.45, 7) is 6.16. The van der Waals surface area contributed by atoms with Crippen LogP contribution in [-0.4, -0.2) is 41.5 Å². The summed E-state index contributed by atoms with van der Waals surface area (Å²) in [4.78, 5) is 13.9. The zero-order valence-corrected chi connectivity index (χ0v) is 18.4. The zero-order chi connectivity index (χ0) is 23.8. The second-order valence-electron chi connectivity index (χ2n) is 8.21. The molecule has 0 heterocycles. The number of benzene rings is 2. The maximum absolute atomic E-state index is 12.8. The highest BCUT2D eigenvalue weighted by Gasteiger charge is 2.30. The van der Waals surface area contributed by atoms with E-state index in [1.54, 1.807) is 45.0 Å². The molecule has 2 aromatic carbocycles. The SMILES string of the molecule is CC(C)(C)OC(=O)N(CCCNCc1cccc(C(F)(F)F)c1)COc1ccccc1O. The van der Waals surface area contributed by atoms with E-state index in [0.717, 1.165) is 12.1 Å². The molecule has 0 aromatic heterocycles. The Balaban J connectivity index is 1.87. The lowest BCUT2D eigenvalue weighted by atomic mass is 10.1. The van der Waals surface area contributed by atoms with Gasteiger partial charge in [0.2, 0.25) is 0 Å². The van der Waals surface area contributed by atoms with Crippen molar-refractivity contribution in [2.75, 3.05) is 19.8 Å². The third-order valence-electron chi connectivity index (χ3n) is 4.26. The van der Waals surface area contributed by atoms with Gasteiger partial charge in [-0.3, -0.25) is 4.90 Å². The van der Waals surface area contributed by atoms with Crippen molar-refractivity contribution in [2.24, 2.45) is 0 Å². The number of hydrogen-bond acceptors (Lipinski definition) is 5. The first-order chi connectivity index (χ1) is 15.0. The van der Waals surface area contributed by atoms with E-state index < -0.39 is 23.4 Å². The average molecular weight is 454 g/mol. The molecule has 0 unspecified atom stereocenters. The highest BCUT2D eigenvalue weighted by molar-refractivity contribution is 5.68. The molecule has 0 spiro atoms. The Morgan fingerprint density at radius 1 is 1.09 bits per heavy atom. The van der Waals surface area contributed by atoms with Gasteiger partial charge in [-0.1, -0.05) is 30.3 Å². The summed E-state index contributed by atoms with van der Waals surface area (Å²) in [6, 6.07) is 11.6. The van der Waals surface area contributed by atoms with Crippen LogP contribution in [0, 0.1) is 0 Å². The molecule has 0 aliphatic heterocycles. The fraction of sp³-hybridized carbons (Fsp3) is 0.435. The normalized spacial score (nSPS) is 11.8. The number of carbonyl (C=O) groups is 1. The molecule has 9 heteroatoms. The molecule has 0 bridgehead atoms. The molecule has 2 rings (SSSR count). The van der Waals surface area contributed by atoms with E-state index in [1.807, 2.05) is 0 Å². The minimum Gasteiger partial charge on any atom is -0.504 e. The Hall–Kier alpha value is -2.94. The Bertz CT molecular complexity index is 882. The molecule has 2 N–H and O–H groups in total. The second kappa shape index (κ2) is 11.1. The number of ether oxygens (including phenoxy) is 2. The van der Waals surface area contributed by atoms with E-state index in [-0.39, 0.29) is 31.3 Å². The van der Waals surface area contributed by atoms with Crippen molar-refractivity contribution in [1.82, 2.24) is 10.2 Å². The van der Waals surface area contributed by atoms with Crippen molar-refractivity contribution < 1.29 is 32.5 Å². The van der Waals surface area contributed by atoms with Crippen molar-refractivity contribution in [3.63, 3.8) is 0 Å². The topological polar surface area (TPSA) is 71.0 Å². The fourth-order valence-corrected chi connectivity index (χ4v) is 2.75. The van der Waals surface area contributed by atoms with Crippen LogP contribution in [0.1, 0.15) is 38.3 Å². The van der Waals surface area contributed by atoms with Crippen molar-refractivity contribution in [1.29, 1.82) is 0 Å². The molecule has 6 nitrogen and oxygen atoms in total. The molecule has 0 atom stereocenters. The van der Waals surface area contributed by atoms with Gasteiger partial charge in [-0.25, -0.2) is 4.79 Å². The van der Waals surface area contributed by atoms with Crippen LogP contribution in [0.4, 0.5) is 18.0 Å². The van der Waals surface area contributed by atoms with Gasteiger partial charge >= 0.3 is 12.3 Å². The summed E-state index contributed by atoms with van der Waals surface area (Å²) in [5.41, 5.74) is -0.854. The lowest BCUT2D eigenvalue weighted by molar-refractivity contribution is -0.137. The van der Waals surface area contributed by atoms with Crippen LogP contribution in [0.2, 0.25) is 0 Å². The van der Waals surface area contributed by atoms with Gasteiger partial charge in [0.1, 0.15) is 5.60 Å². The predicted octanol–water partition coefficient (Wildman–Crippen LogP) is 5.16. The summed E-state index contributed by atoms with van der Waals surface area (Å²) in [6.07, 6.45) is -4.43. The van der Waals surface area contributed by atoms with Gasteiger partial charge in [0.15, 0.2) is 18.2 Å². The number of aromatic hydroxyl groups is 1. The number of para-hydroxylation sites is 2. The van der Waals surface area contributed by atoms with E-state index in [1.165, 1.54) is 17.0 Å². The van der Waals surface area contributed by atoms with Crippen LogP contribution in [0.5, 0.6) is 11.5 Å². The first kappa shape index (κ1) is 25.3. The zero-order valence-electron chi connectivity index (χ0n) is 18.4. The summed E-state index contributed by atoms with van der Waals surface area (Å²) in [7, 11) is 0. The van der Waals surface area contributed by atoms with Crippen LogP contribution in [0.15, 0.2) is 48.5 Å². The lowest BCUT2D eigenvalue weighted by Crippen LogP contribution is -2.40. The molecule has 0 fully saturated rings. The number of alkyl halides is 3. The highest BCUT2D eigenvalue weighted by atomic mass is 19.4. The number of carbonyl (C=O) groups excluding carboxylic acids is 1. The summed E-state index contributed by atoms with van der Waals surface area (Å²) in [5.74, 6) is 0.197. The molecule has 0 aliphatic rings. The third kappa shape index (κ3) is 8.66. The Labute approximate surface area is 185 Å². The molecule has 1 amide bonds. The lowest BCUT2D eigenvalue weighted by Gasteiger charge is -2.27. The maximum atomic E-state index is 12.8. The first-order valence-corrected chi connectivity index (χ1v) is 10.2. The maximum Gasteiger partial charge on any atom is 0.416 e. The number of nitrogens with one attached hydrogen (secondary N) is 1. The minimum absolute atomic E-state index is 0.0422. The van der Waals surface area contributed by atoms with Crippen LogP contribution in [0.3, 0.4) is 0 Å². The van der Waals surface area contributed by atoms with Gasteiger partial charge in [0.25, 0.3) is 0 Å². The van der Waals surface area contributed by atoms with Gasteiger partial charge in [-0.05, 0) is 57.5 Å². The summed E-state index contributed by atoms with van der Waals surface area (Å²) in [5, 5.41) is 12.9. The summed E-state index contributed by atoms with van der Waals surface area (Å²) < 4.78 is 49.4. The fourth-order valence-electron chi connectivity index (χ4n) is 2.75. The van der Waals surface area contributed by atoms with E-state index in [0.29, 0.717) is 18.5 Å². The van der Waals surface area contributed by atoms with Gasteiger partial charge in [-0.2, -0.15) is 13.2 Å².